The van der Waals surface area contributed by atoms with Crippen molar-refractivity contribution in [2.45, 2.75) is 13.1 Å². The molecule has 0 aliphatic rings. The van der Waals surface area contributed by atoms with E-state index in [0.29, 0.717) is 23.8 Å². The molecule has 2 aromatic heterocycles. The van der Waals surface area contributed by atoms with E-state index in [2.05, 4.69) is 20.5 Å². The molecule has 0 unspecified atom stereocenters. The van der Waals surface area contributed by atoms with Crippen molar-refractivity contribution < 1.29 is 22.4 Å². The summed E-state index contributed by atoms with van der Waals surface area (Å²) in [7, 11) is 0. The molecule has 0 atom stereocenters. The molecule has 0 spiro atoms. The summed E-state index contributed by atoms with van der Waals surface area (Å²) in [4.78, 5) is 16.2. The number of nitrogens with zero attached hydrogens (tertiary/aromatic N) is 4. The Morgan fingerprint density at radius 1 is 1.15 bits per heavy atom. The summed E-state index contributed by atoms with van der Waals surface area (Å²) in [5.41, 5.74) is -1.78. The van der Waals surface area contributed by atoms with E-state index in [0.717, 1.165) is 6.07 Å². The maximum absolute atomic E-state index is 13.3. The number of carbonyl (C=O) groups excluding carboxylic acids is 1. The summed E-state index contributed by atoms with van der Waals surface area (Å²) < 4.78 is 53.1. The lowest BCUT2D eigenvalue weighted by Crippen LogP contribution is -2.16. The second-order valence-corrected chi connectivity index (χ2v) is 5.27. The Morgan fingerprint density at radius 2 is 1.92 bits per heavy atom. The molecule has 0 aliphatic carbocycles. The van der Waals surface area contributed by atoms with Gasteiger partial charge in [0.1, 0.15) is 11.6 Å². The number of hydrogen-bond donors (Lipinski definition) is 1. The summed E-state index contributed by atoms with van der Waals surface area (Å²) in [6.07, 6.45) is -1.63. The van der Waals surface area contributed by atoms with Gasteiger partial charge in [0.15, 0.2) is 11.5 Å². The highest BCUT2D eigenvalue weighted by molar-refractivity contribution is 6.02. The van der Waals surface area contributed by atoms with Crippen molar-refractivity contribution in [3.8, 4) is 5.82 Å². The van der Waals surface area contributed by atoms with Crippen LogP contribution in [0, 0.1) is 12.7 Å². The minimum atomic E-state index is -4.87. The molecule has 0 saturated heterocycles. The molecule has 1 N–H and O–H groups in total. The van der Waals surface area contributed by atoms with Gasteiger partial charge in [-0.25, -0.2) is 9.37 Å². The smallest absolute Gasteiger partial charge is 0.321 e. The van der Waals surface area contributed by atoms with Crippen molar-refractivity contribution in [3.63, 3.8) is 0 Å². The van der Waals surface area contributed by atoms with Gasteiger partial charge in [-0.2, -0.15) is 13.2 Å². The molecule has 26 heavy (non-hydrogen) atoms. The molecule has 0 aliphatic heterocycles. The lowest BCUT2D eigenvalue weighted by Gasteiger charge is -2.11. The maximum atomic E-state index is 13.3. The van der Waals surface area contributed by atoms with Crippen LogP contribution in [0.15, 0.2) is 42.7 Å². The Hall–Kier alpha value is -3.30. The van der Waals surface area contributed by atoms with Gasteiger partial charge in [0.25, 0.3) is 5.91 Å². The minimum absolute atomic E-state index is 0.107. The number of imidazole rings is 1. The molecule has 1 amide bonds. The number of aryl methyl sites for hydroxylation is 1. The Bertz CT molecular complexity index is 950. The van der Waals surface area contributed by atoms with Crippen LogP contribution in [0.1, 0.15) is 21.9 Å². The molecule has 0 saturated carbocycles. The summed E-state index contributed by atoms with van der Waals surface area (Å²) >= 11 is 0. The number of aromatic nitrogens is 4. The van der Waals surface area contributed by atoms with E-state index in [1.54, 1.807) is 23.9 Å². The molecule has 3 rings (SSSR count). The van der Waals surface area contributed by atoms with Crippen LogP contribution in [0.4, 0.5) is 23.2 Å². The van der Waals surface area contributed by atoms with Crippen molar-refractivity contribution in [2.75, 3.05) is 5.32 Å². The number of nitrogens with one attached hydrogen (secondary N) is 1. The van der Waals surface area contributed by atoms with E-state index in [-0.39, 0.29) is 11.4 Å². The highest BCUT2D eigenvalue weighted by Gasteiger charge is 2.34. The predicted molar refractivity (Wildman–Crippen MR) is 83.2 cm³/mol. The lowest BCUT2D eigenvalue weighted by atomic mass is 10.1. The summed E-state index contributed by atoms with van der Waals surface area (Å²) in [5, 5.41) is 9.88. The highest BCUT2D eigenvalue weighted by Crippen LogP contribution is 2.33. The summed E-state index contributed by atoms with van der Waals surface area (Å²) in [6.45, 7) is 1.76. The number of halogens is 4. The van der Waals surface area contributed by atoms with Gasteiger partial charge in [-0.15, -0.1) is 10.2 Å². The fourth-order valence-electron chi connectivity index (χ4n) is 2.21. The van der Waals surface area contributed by atoms with Gasteiger partial charge in [0.05, 0.1) is 5.56 Å². The van der Waals surface area contributed by atoms with Gasteiger partial charge in [0.2, 0.25) is 0 Å². The zero-order valence-electron chi connectivity index (χ0n) is 13.3. The largest absolute Gasteiger partial charge is 0.419 e. The topological polar surface area (TPSA) is 72.7 Å². The number of benzene rings is 1. The van der Waals surface area contributed by atoms with Crippen LogP contribution in [0.25, 0.3) is 5.82 Å². The van der Waals surface area contributed by atoms with Crippen LogP contribution in [-0.2, 0) is 6.18 Å². The third kappa shape index (κ3) is 3.53. The van der Waals surface area contributed by atoms with Crippen LogP contribution in [0.5, 0.6) is 0 Å². The van der Waals surface area contributed by atoms with Crippen LogP contribution in [0.2, 0.25) is 0 Å². The highest BCUT2D eigenvalue weighted by atomic mass is 19.4. The van der Waals surface area contributed by atoms with Gasteiger partial charge in [-0.1, -0.05) is 0 Å². The number of hydrogen-bond acceptors (Lipinski definition) is 4. The molecule has 3 aromatic rings. The number of rotatable bonds is 3. The van der Waals surface area contributed by atoms with Gasteiger partial charge >= 0.3 is 6.18 Å². The van der Waals surface area contributed by atoms with E-state index < -0.39 is 23.5 Å². The Kier molecular flexibility index (Phi) is 4.41. The number of anilines is 1. The SMILES string of the molecule is Cc1nccn1-c1ccc(C(=O)Nc2ccc(F)c(C(F)(F)F)c2)nn1. The second-order valence-electron chi connectivity index (χ2n) is 5.27. The number of amides is 1. The van der Waals surface area contributed by atoms with Gasteiger partial charge in [-0.3, -0.25) is 9.36 Å². The minimum Gasteiger partial charge on any atom is -0.321 e. The maximum Gasteiger partial charge on any atom is 0.419 e. The van der Waals surface area contributed by atoms with Crippen molar-refractivity contribution in [1.29, 1.82) is 0 Å². The molecule has 6 nitrogen and oxygen atoms in total. The second kappa shape index (κ2) is 6.54. The van der Waals surface area contributed by atoms with Crippen molar-refractivity contribution in [1.82, 2.24) is 19.7 Å². The average Bonchev–Trinajstić information content (AvgIpc) is 3.01. The van der Waals surface area contributed by atoms with Crippen LogP contribution >= 0.6 is 0 Å². The van der Waals surface area contributed by atoms with E-state index in [1.807, 2.05) is 0 Å². The standard InChI is InChI=1S/C16H11F4N5O/c1-9-21-6-7-25(9)14-5-4-13(23-24-14)15(26)22-10-2-3-12(17)11(8-10)16(18,19)20/h2-8H,1H3,(H,22,26). The fraction of sp³-hybridized carbons (Fsp3) is 0.125. The van der Waals surface area contributed by atoms with Crippen LogP contribution < -0.4 is 5.32 Å². The molecule has 0 bridgehead atoms. The first-order valence-electron chi connectivity index (χ1n) is 7.28. The molecular weight excluding hydrogens is 354 g/mol. The van der Waals surface area contributed by atoms with Gasteiger partial charge < -0.3 is 5.32 Å². The van der Waals surface area contributed by atoms with E-state index in [9.17, 15) is 22.4 Å². The first-order valence-corrected chi connectivity index (χ1v) is 7.28. The Morgan fingerprint density at radius 3 is 2.50 bits per heavy atom. The first kappa shape index (κ1) is 17.5. The summed E-state index contributed by atoms with van der Waals surface area (Å²) in [5.74, 6) is -1.10. The summed E-state index contributed by atoms with van der Waals surface area (Å²) in [6, 6.07) is 5.06. The third-order valence-electron chi connectivity index (χ3n) is 3.49. The molecule has 2 heterocycles. The average molecular weight is 365 g/mol. The zero-order chi connectivity index (χ0) is 18.9. The predicted octanol–water partition coefficient (Wildman–Crippen LogP) is 3.38. The first-order chi connectivity index (χ1) is 12.3. The molecule has 1 aromatic carbocycles. The number of carbonyl (C=O) groups is 1. The zero-order valence-corrected chi connectivity index (χ0v) is 13.3. The fourth-order valence-corrected chi connectivity index (χ4v) is 2.21. The molecule has 0 radical (unpaired) electrons. The Labute approximate surface area is 144 Å². The van der Waals surface area contributed by atoms with Crippen molar-refractivity contribution in [2.24, 2.45) is 0 Å². The van der Waals surface area contributed by atoms with Gasteiger partial charge in [-0.05, 0) is 37.3 Å². The Balaban J connectivity index is 1.79. The molecule has 10 heteroatoms. The van der Waals surface area contributed by atoms with Crippen molar-refractivity contribution >= 4 is 11.6 Å². The lowest BCUT2D eigenvalue weighted by molar-refractivity contribution is -0.139. The molecule has 0 fully saturated rings. The quantitative estimate of drug-likeness (QED) is 0.723. The van der Waals surface area contributed by atoms with E-state index in [4.69, 9.17) is 0 Å². The normalized spacial score (nSPS) is 11.4. The third-order valence-corrected chi connectivity index (χ3v) is 3.49. The van der Waals surface area contributed by atoms with Crippen molar-refractivity contribution in [3.05, 3.63) is 65.6 Å². The van der Waals surface area contributed by atoms with E-state index >= 15 is 0 Å². The van der Waals surface area contributed by atoms with Crippen LogP contribution in [0.3, 0.4) is 0 Å². The number of alkyl halides is 3. The van der Waals surface area contributed by atoms with E-state index in [1.165, 1.54) is 12.1 Å². The van der Waals surface area contributed by atoms with Crippen LogP contribution in [-0.4, -0.2) is 25.7 Å². The molecular formula is C16H11F4N5O. The molecule has 134 valence electrons. The monoisotopic (exact) mass is 365 g/mol. The van der Waals surface area contributed by atoms with Gasteiger partial charge in [0, 0.05) is 18.1 Å².